The van der Waals surface area contributed by atoms with Gasteiger partial charge >= 0.3 is 0 Å². The zero-order chi connectivity index (χ0) is 13.3. The third kappa shape index (κ3) is 2.47. The van der Waals surface area contributed by atoms with E-state index in [-0.39, 0.29) is 0 Å². The molecule has 4 unspecified atom stereocenters. The summed E-state index contributed by atoms with van der Waals surface area (Å²) < 4.78 is 0. The van der Waals surface area contributed by atoms with Crippen molar-refractivity contribution in [1.82, 2.24) is 4.90 Å². The molecule has 2 saturated heterocycles. The van der Waals surface area contributed by atoms with Gasteiger partial charge in [-0.2, -0.15) is 11.8 Å². The number of piperidine rings is 1. The first-order chi connectivity index (χ1) is 9.28. The molecule has 1 saturated carbocycles. The molecule has 0 bridgehead atoms. The summed E-state index contributed by atoms with van der Waals surface area (Å²) in [6.07, 6.45) is 11.4. The number of nitrogens with two attached hydrogens (primary N) is 1. The second-order valence-corrected chi connectivity index (χ2v) is 8.32. The van der Waals surface area contributed by atoms with Crippen molar-refractivity contribution in [2.45, 2.75) is 75.1 Å². The lowest BCUT2D eigenvalue weighted by Crippen LogP contribution is -2.66. The third-order valence-corrected chi connectivity index (χ3v) is 7.51. The van der Waals surface area contributed by atoms with Gasteiger partial charge in [-0.3, -0.25) is 4.90 Å². The molecule has 3 heteroatoms. The SMILES string of the molecule is CC1SCCCC1(CN)N1CCCC2CCCCC21. The minimum atomic E-state index is 0.309. The molecule has 1 aliphatic carbocycles. The van der Waals surface area contributed by atoms with E-state index < -0.39 is 0 Å². The number of fused-ring (bicyclic) bond motifs is 1. The van der Waals surface area contributed by atoms with Crippen molar-refractivity contribution in [1.29, 1.82) is 0 Å². The normalized spacial score (nSPS) is 44.8. The highest BCUT2D eigenvalue weighted by Crippen LogP contribution is 2.45. The van der Waals surface area contributed by atoms with E-state index in [0.717, 1.165) is 18.5 Å². The fourth-order valence-corrected chi connectivity index (χ4v) is 6.26. The van der Waals surface area contributed by atoms with Crippen LogP contribution in [-0.2, 0) is 0 Å². The Morgan fingerprint density at radius 1 is 1.16 bits per heavy atom. The van der Waals surface area contributed by atoms with Gasteiger partial charge in [0, 0.05) is 23.4 Å². The monoisotopic (exact) mass is 282 g/mol. The van der Waals surface area contributed by atoms with Gasteiger partial charge in [0.15, 0.2) is 0 Å². The quantitative estimate of drug-likeness (QED) is 0.843. The summed E-state index contributed by atoms with van der Waals surface area (Å²) in [6, 6.07) is 0.854. The summed E-state index contributed by atoms with van der Waals surface area (Å²) in [5.41, 5.74) is 6.64. The molecule has 2 nitrogen and oxygen atoms in total. The molecule has 2 aliphatic heterocycles. The van der Waals surface area contributed by atoms with Gasteiger partial charge in [0.1, 0.15) is 0 Å². The molecule has 0 aromatic rings. The number of nitrogens with zero attached hydrogens (tertiary/aromatic N) is 1. The first-order valence-electron chi connectivity index (χ1n) is 8.36. The van der Waals surface area contributed by atoms with Gasteiger partial charge in [0.05, 0.1) is 0 Å². The van der Waals surface area contributed by atoms with Gasteiger partial charge < -0.3 is 5.73 Å². The van der Waals surface area contributed by atoms with Crippen molar-refractivity contribution >= 4 is 11.8 Å². The molecule has 4 atom stereocenters. The first kappa shape index (κ1) is 14.2. The summed E-state index contributed by atoms with van der Waals surface area (Å²) >= 11 is 2.16. The molecular weight excluding hydrogens is 252 g/mol. The highest BCUT2D eigenvalue weighted by molar-refractivity contribution is 8.00. The standard InChI is InChI=1S/C16H30N2S/c1-13-16(12-17,9-5-11-19-13)18-10-4-7-14-6-2-3-8-15(14)18/h13-15H,2-12,17H2,1H3. The van der Waals surface area contributed by atoms with Crippen molar-refractivity contribution in [3.05, 3.63) is 0 Å². The van der Waals surface area contributed by atoms with Crippen LogP contribution in [0, 0.1) is 5.92 Å². The Hall–Kier alpha value is 0.270. The molecule has 0 amide bonds. The Morgan fingerprint density at radius 3 is 2.74 bits per heavy atom. The van der Waals surface area contributed by atoms with Crippen molar-refractivity contribution in [2.75, 3.05) is 18.8 Å². The zero-order valence-corrected chi connectivity index (χ0v) is 13.3. The molecule has 110 valence electrons. The topological polar surface area (TPSA) is 29.3 Å². The van der Waals surface area contributed by atoms with Crippen LogP contribution in [0.25, 0.3) is 0 Å². The van der Waals surface area contributed by atoms with Crippen LogP contribution < -0.4 is 5.73 Å². The van der Waals surface area contributed by atoms with Crippen LogP contribution in [0.2, 0.25) is 0 Å². The molecule has 19 heavy (non-hydrogen) atoms. The molecule has 3 fully saturated rings. The lowest BCUT2D eigenvalue weighted by atomic mass is 9.74. The number of likely N-dealkylation sites (tertiary alicyclic amines) is 1. The number of rotatable bonds is 2. The van der Waals surface area contributed by atoms with Crippen LogP contribution in [0.3, 0.4) is 0 Å². The Balaban J connectivity index is 1.84. The van der Waals surface area contributed by atoms with Gasteiger partial charge in [0.25, 0.3) is 0 Å². The average Bonchev–Trinajstić information content (AvgIpc) is 2.48. The second kappa shape index (κ2) is 5.95. The number of hydrogen-bond donors (Lipinski definition) is 1. The van der Waals surface area contributed by atoms with E-state index >= 15 is 0 Å². The highest BCUT2D eigenvalue weighted by atomic mass is 32.2. The van der Waals surface area contributed by atoms with E-state index in [1.807, 2.05) is 0 Å². The zero-order valence-electron chi connectivity index (χ0n) is 12.4. The van der Waals surface area contributed by atoms with Crippen molar-refractivity contribution in [3.8, 4) is 0 Å². The van der Waals surface area contributed by atoms with Crippen LogP contribution in [0.1, 0.15) is 58.3 Å². The lowest BCUT2D eigenvalue weighted by Gasteiger charge is -2.57. The minimum Gasteiger partial charge on any atom is -0.329 e. The maximum Gasteiger partial charge on any atom is 0.0450 e. The molecule has 0 aromatic carbocycles. The highest BCUT2D eigenvalue weighted by Gasteiger charge is 2.48. The Morgan fingerprint density at radius 2 is 1.95 bits per heavy atom. The van der Waals surface area contributed by atoms with Crippen LogP contribution in [-0.4, -0.2) is 40.6 Å². The smallest absolute Gasteiger partial charge is 0.0450 e. The summed E-state index contributed by atoms with van der Waals surface area (Å²) in [5, 5.41) is 0.715. The third-order valence-electron chi connectivity index (χ3n) is 6.05. The minimum absolute atomic E-state index is 0.309. The number of hydrogen-bond acceptors (Lipinski definition) is 3. The van der Waals surface area contributed by atoms with E-state index in [0.29, 0.717) is 10.8 Å². The maximum atomic E-state index is 6.33. The van der Waals surface area contributed by atoms with E-state index in [1.54, 1.807) is 0 Å². The fraction of sp³-hybridized carbons (Fsp3) is 1.00. The van der Waals surface area contributed by atoms with Crippen molar-refractivity contribution < 1.29 is 0 Å². The van der Waals surface area contributed by atoms with E-state index in [4.69, 9.17) is 5.73 Å². The van der Waals surface area contributed by atoms with E-state index in [9.17, 15) is 0 Å². The first-order valence-corrected chi connectivity index (χ1v) is 9.41. The molecule has 0 spiro atoms. The van der Waals surface area contributed by atoms with E-state index in [2.05, 4.69) is 23.6 Å². The summed E-state index contributed by atoms with van der Waals surface area (Å²) in [4.78, 5) is 2.90. The molecule has 3 aliphatic rings. The lowest BCUT2D eigenvalue weighted by molar-refractivity contribution is -0.0308. The predicted molar refractivity (Wildman–Crippen MR) is 84.6 cm³/mol. The van der Waals surface area contributed by atoms with Crippen LogP contribution >= 0.6 is 11.8 Å². The fourth-order valence-electron chi connectivity index (χ4n) is 4.94. The Labute approximate surface area is 122 Å². The van der Waals surface area contributed by atoms with Crippen LogP contribution in [0.4, 0.5) is 0 Å². The van der Waals surface area contributed by atoms with Crippen molar-refractivity contribution in [2.24, 2.45) is 11.7 Å². The molecule has 2 heterocycles. The predicted octanol–water partition coefficient (Wildman–Crippen LogP) is 3.25. The van der Waals surface area contributed by atoms with E-state index in [1.165, 1.54) is 63.7 Å². The summed E-state index contributed by atoms with van der Waals surface area (Å²) in [7, 11) is 0. The van der Waals surface area contributed by atoms with Gasteiger partial charge in [-0.05, 0) is 56.7 Å². The summed E-state index contributed by atoms with van der Waals surface area (Å²) in [5.74, 6) is 2.32. The average molecular weight is 282 g/mol. The van der Waals surface area contributed by atoms with Crippen LogP contribution in [0.15, 0.2) is 0 Å². The molecular formula is C16H30N2S. The second-order valence-electron chi connectivity index (χ2n) is 6.87. The largest absolute Gasteiger partial charge is 0.329 e. The Kier molecular flexibility index (Phi) is 4.45. The Bertz CT molecular complexity index is 307. The molecule has 3 rings (SSSR count). The molecule has 0 radical (unpaired) electrons. The number of thioether (sulfide) groups is 1. The maximum absolute atomic E-state index is 6.33. The van der Waals surface area contributed by atoms with Crippen LogP contribution in [0.5, 0.6) is 0 Å². The van der Waals surface area contributed by atoms with Gasteiger partial charge in [-0.15, -0.1) is 0 Å². The van der Waals surface area contributed by atoms with Gasteiger partial charge in [-0.1, -0.05) is 19.8 Å². The van der Waals surface area contributed by atoms with Crippen molar-refractivity contribution in [3.63, 3.8) is 0 Å². The molecule has 2 N–H and O–H groups in total. The summed E-state index contributed by atoms with van der Waals surface area (Å²) in [6.45, 7) is 4.61. The van der Waals surface area contributed by atoms with Gasteiger partial charge in [0.2, 0.25) is 0 Å². The molecule has 0 aromatic heterocycles. The van der Waals surface area contributed by atoms with Gasteiger partial charge in [-0.25, -0.2) is 0 Å².